The first-order valence-electron chi connectivity index (χ1n) is 15.2. The van der Waals surface area contributed by atoms with Crippen LogP contribution in [-0.4, -0.2) is 93.4 Å². The molecule has 0 amide bonds. The van der Waals surface area contributed by atoms with Crippen LogP contribution in [-0.2, 0) is 0 Å². The predicted molar refractivity (Wildman–Crippen MR) is 173 cm³/mol. The van der Waals surface area contributed by atoms with Crippen LogP contribution in [0.3, 0.4) is 0 Å². The van der Waals surface area contributed by atoms with E-state index in [0.717, 1.165) is 59.5 Å². The van der Waals surface area contributed by atoms with Crippen molar-refractivity contribution in [2.45, 2.75) is 12.8 Å². The maximum Gasteiger partial charge on any atom is 0.160 e. The highest BCUT2D eigenvalue weighted by Crippen LogP contribution is 2.34. The topological polar surface area (TPSA) is 108 Å². The van der Waals surface area contributed by atoms with E-state index < -0.39 is 0 Å². The summed E-state index contributed by atoms with van der Waals surface area (Å²) in [5.41, 5.74) is 6.07. The van der Waals surface area contributed by atoms with Crippen molar-refractivity contribution in [2.75, 3.05) is 53.5 Å². The molecule has 6 aromatic rings. The molecule has 0 spiro atoms. The fraction of sp³-hybridized carbons (Fsp3) is 0.294. The van der Waals surface area contributed by atoms with Gasteiger partial charge >= 0.3 is 0 Å². The SMILES string of the molecule is CN(C)CCOc1cc(F)cc(-c2ccnc3[nH]c(-c4n[nH]c5ccc(-c6cncc(OCCN7CCCC7)c6)cc45)nc23)c1. The number of rotatable bonds is 11. The number of likely N-dealkylation sites (tertiary alicyclic amines) is 1. The summed E-state index contributed by atoms with van der Waals surface area (Å²) in [6.45, 7) is 5.03. The van der Waals surface area contributed by atoms with Crippen LogP contribution in [0.15, 0.2) is 67.1 Å². The Balaban J connectivity index is 1.17. The van der Waals surface area contributed by atoms with Crippen molar-refractivity contribution in [1.82, 2.24) is 39.9 Å². The second-order valence-electron chi connectivity index (χ2n) is 11.6. The molecule has 2 aromatic carbocycles. The summed E-state index contributed by atoms with van der Waals surface area (Å²) in [6.07, 6.45) is 7.81. The fourth-order valence-corrected chi connectivity index (χ4v) is 5.73. The maximum atomic E-state index is 14.7. The normalized spacial score (nSPS) is 13.8. The van der Waals surface area contributed by atoms with Gasteiger partial charge in [0, 0.05) is 48.1 Å². The van der Waals surface area contributed by atoms with Crippen molar-refractivity contribution < 1.29 is 13.9 Å². The van der Waals surface area contributed by atoms with Gasteiger partial charge in [0.1, 0.15) is 41.7 Å². The second kappa shape index (κ2) is 12.6. The molecule has 11 heteroatoms. The fourth-order valence-electron chi connectivity index (χ4n) is 5.73. The largest absolute Gasteiger partial charge is 0.492 e. The van der Waals surface area contributed by atoms with Crippen LogP contribution in [0.5, 0.6) is 11.5 Å². The Bertz CT molecular complexity index is 1950. The number of aromatic amines is 2. The first-order valence-corrected chi connectivity index (χ1v) is 15.2. The van der Waals surface area contributed by atoms with E-state index in [1.54, 1.807) is 12.4 Å². The third-order valence-corrected chi connectivity index (χ3v) is 8.08. The zero-order valence-electron chi connectivity index (χ0n) is 25.4. The molecule has 5 heterocycles. The van der Waals surface area contributed by atoms with E-state index >= 15 is 0 Å². The average Bonchev–Trinajstić information content (AvgIpc) is 3.80. The van der Waals surface area contributed by atoms with Gasteiger partial charge in [0.2, 0.25) is 0 Å². The lowest BCUT2D eigenvalue weighted by Gasteiger charge is -2.15. The van der Waals surface area contributed by atoms with E-state index in [1.807, 2.05) is 55.5 Å². The molecule has 7 rings (SSSR count). The molecule has 10 nitrogen and oxygen atoms in total. The summed E-state index contributed by atoms with van der Waals surface area (Å²) in [6, 6.07) is 14.7. The first-order chi connectivity index (χ1) is 22.0. The molecule has 0 saturated carbocycles. The van der Waals surface area contributed by atoms with E-state index in [0.29, 0.717) is 47.2 Å². The molecule has 4 aromatic heterocycles. The van der Waals surface area contributed by atoms with Gasteiger partial charge in [0.25, 0.3) is 0 Å². The average molecular weight is 607 g/mol. The van der Waals surface area contributed by atoms with Gasteiger partial charge in [-0.1, -0.05) is 6.07 Å². The Labute approximate surface area is 260 Å². The van der Waals surface area contributed by atoms with Crippen LogP contribution in [0.4, 0.5) is 4.39 Å². The quantitative estimate of drug-likeness (QED) is 0.191. The van der Waals surface area contributed by atoms with Crippen molar-refractivity contribution in [1.29, 1.82) is 0 Å². The van der Waals surface area contributed by atoms with Gasteiger partial charge in [0.05, 0.1) is 11.7 Å². The highest BCUT2D eigenvalue weighted by Gasteiger charge is 2.18. The maximum absolute atomic E-state index is 14.7. The Morgan fingerprint density at radius 1 is 0.911 bits per heavy atom. The van der Waals surface area contributed by atoms with Crippen molar-refractivity contribution in [2.24, 2.45) is 0 Å². The number of pyridine rings is 2. The minimum atomic E-state index is -0.380. The highest BCUT2D eigenvalue weighted by atomic mass is 19.1. The third-order valence-electron chi connectivity index (χ3n) is 8.08. The van der Waals surface area contributed by atoms with Crippen LogP contribution in [0.25, 0.3) is 55.8 Å². The van der Waals surface area contributed by atoms with Crippen LogP contribution >= 0.6 is 0 Å². The lowest BCUT2D eigenvalue weighted by molar-refractivity contribution is 0.237. The van der Waals surface area contributed by atoms with E-state index in [2.05, 4.69) is 36.1 Å². The van der Waals surface area contributed by atoms with Crippen LogP contribution < -0.4 is 9.47 Å². The number of aromatic nitrogens is 6. The van der Waals surface area contributed by atoms with Gasteiger partial charge in [-0.15, -0.1) is 0 Å². The Hall–Kier alpha value is -4.87. The molecule has 1 saturated heterocycles. The predicted octanol–water partition coefficient (Wildman–Crippen LogP) is 5.78. The Kier molecular flexibility index (Phi) is 8.10. The number of likely N-dealkylation sites (N-methyl/N-ethyl adjacent to an activating group) is 1. The van der Waals surface area contributed by atoms with E-state index in [9.17, 15) is 4.39 Å². The zero-order chi connectivity index (χ0) is 30.8. The minimum absolute atomic E-state index is 0.380. The van der Waals surface area contributed by atoms with E-state index in [1.165, 1.54) is 25.0 Å². The molecule has 1 aliphatic heterocycles. The lowest BCUT2D eigenvalue weighted by Crippen LogP contribution is -2.25. The number of fused-ring (bicyclic) bond motifs is 2. The van der Waals surface area contributed by atoms with E-state index in [4.69, 9.17) is 14.5 Å². The highest BCUT2D eigenvalue weighted by molar-refractivity contribution is 5.97. The van der Waals surface area contributed by atoms with E-state index in [-0.39, 0.29) is 5.82 Å². The minimum Gasteiger partial charge on any atom is -0.492 e. The summed E-state index contributed by atoms with van der Waals surface area (Å²) >= 11 is 0. The second-order valence-corrected chi connectivity index (χ2v) is 11.6. The molecule has 0 unspecified atom stereocenters. The van der Waals surface area contributed by atoms with Gasteiger partial charge in [-0.05, 0) is 87.6 Å². The number of halogens is 1. The van der Waals surface area contributed by atoms with Gasteiger partial charge < -0.3 is 19.4 Å². The van der Waals surface area contributed by atoms with Crippen LogP contribution in [0, 0.1) is 5.82 Å². The van der Waals surface area contributed by atoms with Gasteiger partial charge in [-0.3, -0.25) is 15.0 Å². The van der Waals surface area contributed by atoms with Crippen molar-refractivity contribution in [3.8, 4) is 45.3 Å². The molecule has 230 valence electrons. The number of H-pyrrole nitrogens is 2. The monoisotopic (exact) mass is 606 g/mol. The first kappa shape index (κ1) is 28.9. The zero-order valence-corrected chi connectivity index (χ0v) is 25.4. The summed E-state index contributed by atoms with van der Waals surface area (Å²) in [5, 5.41) is 8.61. The Morgan fingerprint density at radius 2 is 1.76 bits per heavy atom. The number of nitrogens with one attached hydrogen (secondary N) is 2. The standard InChI is InChI=1S/C34H35FN8O2/c1-42(2)11-13-44-26-16-23(15-25(35)19-26)28-7-8-37-33-31(28)38-34(39-33)32-29-18-22(5-6-30(29)40-41-32)24-17-27(21-36-20-24)45-14-12-43-9-3-4-10-43/h5-8,15-21H,3-4,9-14H2,1-2H3,(H,40,41)(H,37,38,39). The van der Waals surface area contributed by atoms with Crippen molar-refractivity contribution in [3.05, 3.63) is 72.9 Å². The molecule has 0 radical (unpaired) electrons. The number of nitrogens with zero attached hydrogens (tertiary/aromatic N) is 6. The van der Waals surface area contributed by atoms with Gasteiger partial charge in [-0.25, -0.2) is 14.4 Å². The molecular formula is C34H35FN8O2. The molecule has 1 fully saturated rings. The molecule has 0 bridgehead atoms. The van der Waals surface area contributed by atoms with Crippen molar-refractivity contribution >= 4 is 22.1 Å². The summed E-state index contributed by atoms with van der Waals surface area (Å²) in [7, 11) is 3.93. The Morgan fingerprint density at radius 3 is 2.62 bits per heavy atom. The van der Waals surface area contributed by atoms with Crippen molar-refractivity contribution in [3.63, 3.8) is 0 Å². The molecular weight excluding hydrogens is 571 g/mol. The van der Waals surface area contributed by atoms with Gasteiger partial charge in [0.15, 0.2) is 11.5 Å². The number of benzene rings is 2. The summed E-state index contributed by atoms with van der Waals surface area (Å²) in [4.78, 5) is 21.6. The molecule has 0 aliphatic carbocycles. The molecule has 0 atom stereocenters. The number of hydrogen-bond donors (Lipinski definition) is 2. The summed E-state index contributed by atoms with van der Waals surface area (Å²) in [5.74, 6) is 1.39. The third kappa shape index (κ3) is 6.36. The molecule has 2 N–H and O–H groups in total. The molecule has 45 heavy (non-hydrogen) atoms. The number of imidazole rings is 1. The number of hydrogen-bond acceptors (Lipinski definition) is 8. The molecule has 1 aliphatic rings. The number of ether oxygens (including phenoxy) is 2. The summed E-state index contributed by atoms with van der Waals surface area (Å²) < 4.78 is 26.5. The lowest BCUT2D eigenvalue weighted by atomic mass is 10.0. The van der Waals surface area contributed by atoms with Crippen LogP contribution in [0.2, 0.25) is 0 Å². The smallest absolute Gasteiger partial charge is 0.160 e. The van der Waals surface area contributed by atoms with Gasteiger partial charge in [-0.2, -0.15) is 5.10 Å². The van der Waals surface area contributed by atoms with Crippen LogP contribution in [0.1, 0.15) is 12.8 Å².